The third kappa shape index (κ3) is 2.40. The van der Waals surface area contributed by atoms with Gasteiger partial charge in [-0.2, -0.15) is 0 Å². The quantitative estimate of drug-likeness (QED) is 0.696. The number of hydrogen-bond acceptors (Lipinski definition) is 4. The molecule has 0 atom stereocenters. The van der Waals surface area contributed by atoms with E-state index in [0.717, 1.165) is 6.42 Å². The Labute approximate surface area is 76.4 Å². The first-order chi connectivity index (χ1) is 6.25. The predicted molar refractivity (Wildman–Crippen MR) is 49.1 cm³/mol. The Morgan fingerprint density at radius 1 is 1.69 bits per heavy atom. The fourth-order valence-electron chi connectivity index (χ4n) is 0.848. The van der Waals surface area contributed by atoms with Gasteiger partial charge in [-0.05, 0) is 6.42 Å². The van der Waals surface area contributed by atoms with E-state index in [1.165, 1.54) is 12.5 Å². The summed E-state index contributed by atoms with van der Waals surface area (Å²) in [6.45, 7) is 2.61. The number of aromatic nitrogens is 2. The van der Waals surface area contributed by atoms with Crippen molar-refractivity contribution in [3.8, 4) is 0 Å². The van der Waals surface area contributed by atoms with Gasteiger partial charge in [-0.3, -0.25) is 4.79 Å². The number of nitrogens with one attached hydrogen (secondary N) is 1. The first-order valence-corrected chi connectivity index (χ1v) is 4.09. The molecule has 5 nitrogen and oxygen atoms in total. The fraction of sp³-hybridized carbons (Fsp3) is 0.375. The minimum Gasteiger partial charge on any atom is -0.383 e. The van der Waals surface area contributed by atoms with Crippen LogP contribution in [-0.2, 0) is 0 Å². The maximum atomic E-state index is 11.4. The zero-order valence-corrected chi connectivity index (χ0v) is 7.45. The number of amides is 1. The molecular formula is C8H12N4O. The van der Waals surface area contributed by atoms with Gasteiger partial charge < -0.3 is 11.1 Å². The molecule has 0 fully saturated rings. The number of carbonyl (C=O) groups is 1. The van der Waals surface area contributed by atoms with Gasteiger partial charge in [0, 0.05) is 12.7 Å². The number of nitrogen functional groups attached to an aromatic ring is 1. The Bertz CT molecular complexity index is 300. The average Bonchev–Trinajstić information content (AvgIpc) is 2.15. The number of nitrogens with zero attached hydrogens (tertiary/aromatic N) is 2. The minimum atomic E-state index is -0.222. The maximum Gasteiger partial charge on any atom is 0.256 e. The molecule has 0 spiro atoms. The molecule has 0 aliphatic heterocycles. The van der Waals surface area contributed by atoms with Crippen molar-refractivity contribution in [3.05, 3.63) is 18.1 Å². The van der Waals surface area contributed by atoms with Gasteiger partial charge in [-0.15, -0.1) is 0 Å². The molecule has 1 amide bonds. The van der Waals surface area contributed by atoms with Crippen LogP contribution >= 0.6 is 0 Å². The van der Waals surface area contributed by atoms with Crippen molar-refractivity contribution in [3.63, 3.8) is 0 Å². The second-order valence-electron chi connectivity index (χ2n) is 2.58. The molecule has 3 N–H and O–H groups in total. The van der Waals surface area contributed by atoms with E-state index in [1.54, 1.807) is 0 Å². The topological polar surface area (TPSA) is 80.9 Å². The maximum absolute atomic E-state index is 11.4. The van der Waals surface area contributed by atoms with Crippen LogP contribution < -0.4 is 11.1 Å². The molecule has 1 aromatic heterocycles. The molecule has 0 aliphatic carbocycles. The molecule has 0 bridgehead atoms. The SMILES string of the molecule is CCCNC(=O)c1cncnc1N. The summed E-state index contributed by atoms with van der Waals surface area (Å²) in [4.78, 5) is 18.8. The molecule has 1 aromatic rings. The lowest BCUT2D eigenvalue weighted by Gasteiger charge is -2.03. The van der Waals surface area contributed by atoms with Crippen LogP contribution in [0.4, 0.5) is 5.82 Å². The standard InChI is InChI=1S/C8H12N4O/c1-2-3-11-8(13)6-4-10-5-12-7(6)9/h4-5H,2-3H2,1H3,(H,11,13)(H2,9,10,12). The van der Waals surface area contributed by atoms with Crippen LogP contribution in [0.1, 0.15) is 23.7 Å². The molecular weight excluding hydrogens is 168 g/mol. The Morgan fingerprint density at radius 2 is 2.46 bits per heavy atom. The summed E-state index contributed by atoms with van der Waals surface area (Å²) in [6, 6.07) is 0. The molecule has 0 aliphatic rings. The van der Waals surface area contributed by atoms with E-state index in [1.807, 2.05) is 6.92 Å². The van der Waals surface area contributed by atoms with Gasteiger partial charge in [-0.1, -0.05) is 6.92 Å². The van der Waals surface area contributed by atoms with Gasteiger partial charge >= 0.3 is 0 Å². The molecule has 70 valence electrons. The minimum absolute atomic E-state index is 0.212. The smallest absolute Gasteiger partial charge is 0.256 e. The molecule has 13 heavy (non-hydrogen) atoms. The van der Waals surface area contributed by atoms with Crippen LogP contribution in [0.15, 0.2) is 12.5 Å². The monoisotopic (exact) mass is 180 g/mol. The molecule has 1 heterocycles. The lowest BCUT2D eigenvalue weighted by atomic mass is 10.3. The van der Waals surface area contributed by atoms with Crippen LogP contribution in [0.25, 0.3) is 0 Å². The second-order valence-corrected chi connectivity index (χ2v) is 2.58. The van der Waals surface area contributed by atoms with Crippen molar-refractivity contribution in [1.82, 2.24) is 15.3 Å². The van der Waals surface area contributed by atoms with E-state index < -0.39 is 0 Å². The summed E-state index contributed by atoms with van der Waals surface area (Å²) in [5.74, 6) is -0.0106. The molecule has 0 aromatic carbocycles. The third-order valence-electron chi connectivity index (χ3n) is 1.52. The van der Waals surface area contributed by atoms with E-state index in [-0.39, 0.29) is 11.7 Å². The van der Waals surface area contributed by atoms with Gasteiger partial charge in [0.25, 0.3) is 5.91 Å². The van der Waals surface area contributed by atoms with E-state index in [9.17, 15) is 4.79 Å². The Morgan fingerprint density at radius 3 is 3.08 bits per heavy atom. The van der Waals surface area contributed by atoms with Crippen molar-refractivity contribution in [2.45, 2.75) is 13.3 Å². The van der Waals surface area contributed by atoms with Crippen molar-refractivity contribution in [1.29, 1.82) is 0 Å². The highest BCUT2D eigenvalue weighted by molar-refractivity contribution is 5.97. The van der Waals surface area contributed by atoms with Crippen LogP contribution in [0.3, 0.4) is 0 Å². The molecule has 0 unspecified atom stereocenters. The summed E-state index contributed by atoms with van der Waals surface area (Å²) in [5, 5.41) is 2.69. The average molecular weight is 180 g/mol. The zero-order valence-electron chi connectivity index (χ0n) is 7.45. The van der Waals surface area contributed by atoms with Crippen molar-refractivity contribution in [2.75, 3.05) is 12.3 Å². The third-order valence-corrected chi connectivity index (χ3v) is 1.52. The van der Waals surface area contributed by atoms with E-state index in [2.05, 4.69) is 15.3 Å². The summed E-state index contributed by atoms with van der Waals surface area (Å²) in [5.41, 5.74) is 5.81. The van der Waals surface area contributed by atoms with Crippen molar-refractivity contribution < 1.29 is 4.79 Å². The molecule has 1 rings (SSSR count). The Hall–Kier alpha value is -1.65. The Balaban J connectivity index is 2.71. The van der Waals surface area contributed by atoms with Crippen LogP contribution in [0.5, 0.6) is 0 Å². The molecule has 0 radical (unpaired) electrons. The van der Waals surface area contributed by atoms with Gasteiger partial charge in [0.15, 0.2) is 0 Å². The summed E-state index contributed by atoms with van der Waals surface area (Å²) < 4.78 is 0. The largest absolute Gasteiger partial charge is 0.383 e. The van der Waals surface area contributed by atoms with Gasteiger partial charge in [0.2, 0.25) is 0 Å². The van der Waals surface area contributed by atoms with E-state index in [0.29, 0.717) is 12.1 Å². The summed E-state index contributed by atoms with van der Waals surface area (Å²) >= 11 is 0. The number of carbonyl (C=O) groups excluding carboxylic acids is 1. The van der Waals surface area contributed by atoms with Crippen LogP contribution in [-0.4, -0.2) is 22.4 Å². The normalized spacial score (nSPS) is 9.62. The number of rotatable bonds is 3. The van der Waals surface area contributed by atoms with Gasteiger partial charge in [0.1, 0.15) is 12.1 Å². The highest BCUT2D eigenvalue weighted by Crippen LogP contribution is 2.03. The second kappa shape index (κ2) is 4.39. The van der Waals surface area contributed by atoms with Gasteiger partial charge in [-0.25, -0.2) is 9.97 Å². The first kappa shape index (κ1) is 9.44. The summed E-state index contributed by atoms with van der Waals surface area (Å²) in [7, 11) is 0. The predicted octanol–water partition coefficient (Wildman–Crippen LogP) is 0.199. The zero-order chi connectivity index (χ0) is 9.68. The molecule has 5 heteroatoms. The highest BCUT2D eigenvalue weighted by atomic mass is 16.1. The Kier molecular flexibility index (Phi) is 3.19. The van der Waals surface area contributed by atoms with E-state index >= 15 is 0 Å². The molecule has 0 saturated heterocycles. The lowest BCUT2D eigenvalue weighted by molar-refractivity contribution is 0.0954. The molecule has 0 saturated carbocycles. The van der Waals surface area contributed by atoms with Gasteiger partial charge in [0.05, 0.1) is 5.56 Å². The highest BCUT2D eigenvalue weighted by Gasteiger charge is 2.08. The summed E-state index contributed by atoms with van der Waals surface area (Å²) in [6.07, 6.45) is 3.61. The number of hydrogen-bond donors (Lipinski definition) is 2. The first-order valence-electron chi connectivity index (χ1n) is 4.09. The number of nitrogens with two attached hydrogens (primary N) is 1. The van der Waals surface area contributed by atoms with E-state index in [4.69, 9.17) is 5.73 Å². The van der Waals surface area contributed by atoms with Crippen LogP contribution in [0, 0.1) is 0 Å². The number of anilines is 1. The van der Waals surface area contributed by atoms with Crippen molar-refractivity contribution >= 4 is 11.7 Å². The lowest BCUT2D eigenvalue weighted by Crippen LogP contribution is -2.25. The fourth-order valence-corrected chi connectivity index (χ4v) is 0.848. The van der Waals surface area contributed by atoms with Crippen LogP contribution in [0.2, 0.25) is 0 Å². The van der Waals surface area contributed by atoms with Crippen molar-refractivity contribution in [2.24, 2.45) is 0 Å².